The first-order valence-electron chi connectivity index (χ1n) is 7.13. The molecule has 0 aliphatic carbocycles. The number of benzene rings is 2. The van der Waals surface area contributed by atoms with Gasteiger partial charge in [-0.25, -0.2) is 4.39 Å². The molecule has 1 atom stereocenters. The minimum absolute atomic E-state index is 0. The lowest BCUT2D eigenvalue weighted by atomic mass is 10.0. The van der Waals surface area contributed by atoms with Gasteiger partial charge in [-0.1, -0.05) is 47.1 Å². The molecule has 0 radical (unpaired) electrons. The highest BCUT2D eigenvalue weighted by atomic mass is 35.5. The van der Waals surface area contributed by atoms with Crippen LogP contribution in [0.25, 0.3) is 11.1 Å². The topological polar surface area (TPSA) is 64.9 Å². The molecule has 0 bridgehead atoms. The van der Waals surface area contributed by atoms with Crippen molar-refractivity contribution in [2.75, 3.05) is 0 Å². The summed E-state index contributed by atoms with van der Waals surface area (Å²) in [4.78, 5) is 4.14. The van der Waals surface area contributed by atoms with Crippen molar-refractivity contribution < 1.29 is 8.91 Å². The molecule has 3 aromatic rings. The van der Waals surface area contributed by atoms with Gasteiger partial charge >= 0.3 is 0 Å². The Kier molecular flexibility index (Phi) is 5.94. The standard InChI is InChI=1S/C17H15ClFN3O.ClH/c1-10-21-17(23-22-10)16(20)8-11-2-4-12(5-3-11)13-6-7-15(19)14(18)9-13;/h2-7,9,16H,8,20H2,1H3;1H/t16-;/m1./s1. The summed E-state index contributed by atoms with van der Waals surface area (Å²) in [5.41, 5.74) is 8.93. The maximum absolute atomic E-state index is 13.2. The van der Waals surface area contributed by atoms with Crippen LogP contribution in [0, 0.1) is 12.7 Å². The smallest absolute Gasteiger partial charge is 0.243 e. The first-order valence-corrected chi connectivity index (χ1v) is 7.51. The van der Waals surface area contributed by atoms with Gasteiger partial charge in [0.05, 0.1) is 11.1 Å². The summed E-state index contributed by atoms with van der Waals surface area (Å²) >= 11 is 5.82. The van der Waals surface area contributed by atoms with E-state index in [1.54, 1.807) is 19.1 Å². The lowest BCUT2D eigenvalue weighted by Gasteiger charge is -2.08. The number of hydrogen-bond acceptors (Lipinski definition) is 4. The van der Waals surface area contributed by atoms with Crippen molar-refractivity contribution in [3.8, 4) is 11.1 Å². The van der Waals surface area contributed by atoms with E-state index in [1.165, 1.54) is 6.07 Å². The van der Waals surface area contributed by atoms with Crippen molar-refractivity contribution in [2.45, 2.75) is 19.4 Å². The second kappa shape index (κ2) is 7.75. The molecule has 1 aromatic heterocycles. The van der Waals surface area contributed by atoms with E-state index in [2.05, 4.69) is 10.1 Å². The van der Waals surface area contributed by atoms with Crippen LogP contribution in [0.3, 0.4) is 0 Å². The second-order valence-electron chi connectivity index (χ2n) is 5.32. The number of aryl methyl sites for hydroxylation is 1. The Bertz CT molecular complexity index is 821. The summed E-state index contributed by atoms with van der Waals surface area (Å²) in [5.74, 6) is 0.573. The zero-order valence-corrected chi connectivity index (χ0v) is 14.4. The van der Waals surface area contributed by atoms with Crippen LogP contribution in [0.2, 0.25) is 5.02 Å². The molecular weight excluding hydrogens is 352 g/mol. The molecule has 0 aliphatic rings. The third-order valence-corrected chi connectivity index (χ3v) is 3.81. The molecular formula is C17H16Cl2FN3O. The van der Waals surface area contributed by atoms with Gasteiger partial charge in [-0.3, -0.25) is 0 Å². The van der Waals surface area contributed by atoms with Crippen LogP contribution in [-0.4, -0.2) is 10.1 Å². The number of nitrogens with zero attached hydrogens (tertiary/aromatic N) is 2. The van der Waals surface area contributed by atoms with Crippen molar-refractivity contribution in [1.29, 1.82) is 0 Å². The highest BCUT2D eigenvalue weighted by Crippen LogP contribution is 2.25. The lowest BCUT2D eigenvalue weighted by molar-refractivity contribution is 0.351. The first kappa shape index (κ1) is 18.4. The van der Waals surface area contributed by atoms with E-state index in [1.807, 2.05) is 24.3 Å². The molecule has 2 N–H and O–H groups in total. The number of aromatic nitrogens is 2. The molecule has 0 fully saturated rings. The van der Waals surface area contributed by atoms with Gasteiger partial charge in [0, 0.05) is 0 Å². The van der Waals surface area contributed by atoms with E-state index in [4.69, 9.17) is 21.9 Å². The summed E-state index contributed by atoms with van der Waals surface area (Å²) < 4.78 is 18.3. The van der Waals surface area contributed by atoms with E-state index in [-0.39, 0.29) is 23.5 Å². The Balaban J connectivity index is 0.00000208. The van der Waals surface area contributed by atoms with Gasteiger partial charge in [-0.2, -0.15) is 4.98 Å². The van der Waals surface area contributed by atoms with Crippen LogP contribution in [-0.2, 0) is 6.42 Å². The lowest BCUT2D eigenvalue weighted by Crippen LogP contribution is -2.13. The van der Waals surface area contributed by atoms with Crippen molar-refractivity contribution in [3.05, 3.63) is 70.6 Å². The normalized spacial score (nSPS) is 11.8. The molecule has 2 aromatic carbocycles. The van der Waals surface area contributed by atoms with Crippen molar-refractivity contribution in [3.63, 3.8) is 0 Å². The molecule has 0 saturated carbocycles. The van der Waals surface area contributed by atoms with Gasteiger partial charge in [0.2, 0.25) is 5.89 Å². The number of nitrogens with two attached hydrogens (primary N) is 1. The molecule has 3 rings (SSSR count). The largest absolute Gasteiger partial charge is 0.338 e. The quantitative estimate of drug-likeness (QED) is 0.736. The molecule has 1 heterocycles. The summed E-state index contributed by atoms with van der Waals surface area (Å²) in [5, 5.41) is 3.85. The fraction of sp³-hybridized carbons (Fsp3) is 0.176. The first-order chi connectivity index (χ1) is 11.0. The predicted octanol–water partition coefficient (Wildman–Crippen LogP) is 4.50. The average Bonchev–Trinajstić information content (AvgIpc) is 2.97. The average molecular weight is 368 g/mol. The Morgan fingerprint density at radius 3 is 2.42 bits per heavy atom. The fourth-order valence-corrected chi connectivity index (χ4v) is 2.49. The molecule has 4 nitrogen and oxygen atoms in total. The molecule has 0 spiro atoms. The summed E-state index contributed by atoms with van der Waals surface area (Å²) in [6.07, 6.45) is 0.589. The van der Waals surface area contributed by atoms with Crippen LogP contribution in [0.4, 0.5) is 4.39 Å². The van der Waals surface area contributed by atoms with Gasteiger partial charge in [0.15, 0.2) is 5.82 Å². The minimum Gasteiger partial charge on any atom is -0.338 e. The molecule has 0 aliphatic heterocycles. The van der Waals surface area contributed by atoms with Crippen LogP contribution in [0.15, 0.2) is 47.0 Å². The van der Waals surface area contributed by atoms with Crippen molar-refractivity contribution in [2.24, 2.45) is 5.73 Å². The molecule has 0 saturated heterocycles. The van der Waals surface area contributed by atoms with Crippen molar-refractivity contribution >= 4 is 24.0 Å². The van der Waals surface area contributed by atoms with Gasteiger partial charge in [-0.15, -0.1) is 12.4 Å². The SMILES string of the molecule is Cc1noc([C@H](N)Cc2ccc(-c3ccc(F)c(Cl)c3)cc2)n1.Cl. The molecule has 0 amide bonds. The zero-order valence-electron chi connectivity index (χ0n) is 12.9. The third-order valence-electron chi connectivity index (χ3n) is 3.52. The van der Waals surface area contributed by atoms with E-state index < -0.39 is 5.82 Å². The molecule has 126 valence electrons. The van der Waals surface area contributed by atoms with E-state index in [0.717, 1.165) is 16.7 Å². The maximum atomic E-state index is 13.2. The summed E-state index contributed by atoms with van der Waals surface area (Å²) in [6.45, 7) is 1.75. The van der Waals surface area contributed by atoms with Crippen LogP contribution < -0.4 is 5.73 Å². The zero-order chi connectivity index (χ0) is 16.4. The Hall–Kier alpha value is -1.95. The minimum atomic E-state index is -0.423. The van der Waals surface area contributed by atoms with Gasteiger partial charge in [-0.05, 0) is 42.2 Å². The maximum Gasteiger partial charge on any atom is 0.243 e. The number of rotatable bonds is 4. The Morgan fingerprint density at radius 1 is 1.17 bits per heavy atom. The van der Waals surface area contributed by atoms with Crippen LogP contribution in [0.5, 0.6) is 0 Å². The van der Waals surface area contributed by atoms with Crippen LogP contribution >= 0.6 is 24.0 Å². The van der Waals surface area contributed by atoms with E-state index in [9.17, 15) is 4.39 Å². The van der Waals surface area contributed by atoms with Gasteiger partial charge in [0.25, 0.3) is 0 Å². The Morgan fingerprint density at radius 2 is 1.83 bits per heavy atom. The van der Waals surface area contributed by atoms with E-state index in [0.29, 0.717) is 18.1 Å². The summed E-state index contributed by atoms with van der Waals surface area (Å²) in [6, 6.07) is 12.2. The monoisotopic (exact) mass is 367 g/mol. The highest BCUT2D eigenvalue weighted by Gasteiger charge is 2.14. The van der Waals surface area contributed by atoms with E-state index >= 15 is 0 Å². The van der Waals surface area contributed by atoms with Crippen molar-refractivity contribution in [1.82, 2.24) is 10.1 Å². The van der Waals surface area contributed by atoms with Gasteiger partial charge in [0.1, 0.15) is 5.82 Å². The molecule has 24 heavy (non-hydrogen) atoms. The fourth-order valence-electron chi connectivity index (χ4n) is 2.31. The van der Waals surface area contributed by atoms with Crippen LogP contribution in [0.1, 0.15) is 23.3 Å². The number of hydrogen-bond donors (Lipinski definition) is 1. The highest BCUT2D eigenvalue weighted by molar-refractivity contribution is 6.31. The predicted molar refractivity (Wildman–Crippen MR) is 93.8 cm³/mol. The summed E-state index contributed by atoms with van der Waals surface area (Å²) in [7, 11) is 0. The molecule has 7 heteroatoms. The molecule has 0 unspecified atom stereocenters. The Labute approximate surface area is 150 Å². The number of halogens is 3. The van der Waals surface area contributed by atoms with Gasteiger partial charge < -0.3 is 10.3 Å². The third kappa shape index (κ3) is 4.12. The second-order valence-corrected chi connectivity index (χ2v) is 5.72.